The lowest BCUT2D eigenvalue weighted by Gasteiger charge is -2.34. The van der Waals surface area contributed by atoms with Crippen molar-refractivity contribution in [3.63, 3.8) is 0 Å². The zero-order chi connectivity index (χ0) is 24.8. The summed E-state index contributed by atoms with van der Waals surface area (Å²) in [4.78, 5) is 38.4. The average Bonchev–Trinajstić information content (AvgIpc) is 2.83. The van der Waals surface area contributed by atoms with E-state index in [1.54, 1.807) is 19.1 Å². The number of fused-ring (bicyclic) bond motifs is 1. The molecule has 0 saturated carbocycles. The van der Waals surface area contributed by atoms with Gasteiger partial charge in [0.2, 0.25) is 5.91 Å². The van der Waals surface area contributed by atoms with E-state index in [0.717, 1.165) is 35.9 Å². The number of nitrogens with two attached hydrogens (primary N) is 1. The van der Waals surface area contributed by atoms with Gasteiger partial charge in [0, 0.05) is 24.7 Å². The van der Waals surface area contributed by atoms with E-state index in [9.17, 15) is 19.7 Å². The fourth-order valence-electron chi connectivity index (χ4n) is 3.83. The lowest BCUT2D eigenvalue weighted by atomic mass is 9.93. The number of carbonyl (C=O) groups is 2. The minimum Gasteiger partial charge on any atom is -0.465 e. The molecule has 4 rings (SSSR count). The third-order valence-corrected chi connectivity index (χ3v) is 5.57. The maximum Gasteiger partial charge on any atom is 0.337 e. The lowest BCUT2D eigenvalue weighted by Crippen LogP contribution is -2.40. The Kier molecular flexibility index (Phi) is 7.57. The molecule has 0 aliphatic carbocycles. The Morgan fingerprint density at radius 2 is 1.79 bits per heavy atom. The van der Waals surface area contributed by atoms with Crippen LogP contribution in [0.1, 0.15) is 36.2 Å². The van der Waals surface area contributed by atoms with Crippen LogP contribution in [0.3, 0.4) is 0 Å². The van der Waals surface area contributed by atoms with E-state index in [2.05, 4.69) is 18.0 Å². The van der Waals surface area contributed by atoms with Gasteiger partial charge in [-0.15, -0.1) is 0 Å². The zero-order valence-electron chi connectivity index (χ0n) is 19.2. The summed E-state index contributed by atoms with van der Waals surface area (Å²) < 4.78 is 4.72. The maximum atomic E-state index is 11.9. The standard InChI is InChI=1S/C20H21NO3.C5H5N3O2/c1-13-4-5-18-12-17(10-11-19(18)21(13)14(2)22)15-6-8-16(9-7-15)20(23)24-3;6-5-2-1-4(3-7-5)8(9)10/h6-13H,4-5H2,1-3H3;1-3H,(H2,6,7)/t13-;/m0./s1. The van der Waals surface area contributed by atoms with E-state index in [0.29, 0.717) is 5.56 Å². The molecule has 1 aromatic heterocycles. The van der Waals surface area contributed by atoms with Crippen LogP contribution in [0.15, 0.2) is 60.8 Å². The van der Waals surface area contributed by atoms with Crippen LogP contribution in [0.2, 0.25) is 0 Å². The van der Waals surface area contributed by atoms with Gasteiger partial charge in [-0.25, -0.2) is 9.78 Å². The second-order valence-corrected chi connectivity index (χ2v) is 7.89. The Morgan fingerprint density at radius 1 is 1.12 bits per heavy atom. The number of carbonyl (C=O) groups excluding carboxylic acids is 2. The highest BCUT2D eigenvalue weighted by Crippen LogP contribution is 2.34. The molecule has 34 heavy (non-hydrogen) atoms. The molecule has 0 saturated heterocycles. The number of ether oxygens (including phenoxy) is 1. The highest BCUT2D eigenvalue weighted by Gasteiger charge is 2.26. The van der Waals surface area contributed by atoms with Crippen LogP contribution in [-0.4, -0.2) is 34.9 Å². The predicted octanol–water partition coefficient (Wildman–Crippen LogP) is 4.40. The van der Waals surface area contributed by atoms with Gasteiger partial charge in [-0.2, -0.15) is 0 Å². The number of amides is 1. The van der Waals surface area contributed by atoms with E-state index in [-0.39, 0.29) is 29.4 Å². The molecular formula is C25H26N4O5. The maximum absolute atomic E-state index is 11.9. The number of nitrogen functional groups attached to an aromatic ring is 1. The van der Waals surface area contributed by atoms with Crippen LogP contribution in [0.5, 0.6) is 0 Å². The summed E-state index contributed by atoms with van der Waals surface area (Å²) in [7, 11) is 1.38. The number of nitro groups is 1. The zero-order valence-corrected chi connectivity index (χ0v) is 19.2. The SMILES string of the molecule is COC(=O)c1ccc(-c2ccc3c(c2)CC[C@H](C)N3C(C)=O)cc1.Nc1ccc([N+](=O)[O-])cn1. The fourth-order valence-corrected chi connectivity index (χ4v) is 3.83. The van der Waals surface area contributed by atoms with Gasteiger partial charge < -0.3 is 15.4 Å². The number of benzene rings is 2. The van der Waals surface area contributed by atoms with Crippen LogP contribution in [0, 0.1) is 10.1 Å². The summed E-state index contributed by atoms with van der Waals surface area (Å²) in [5.41, 5.74) is 10.0. The highest BCUT2D eigenvalue weighted by molar-refractivity contribution is 5.94. The molecule has 0 radical (unpaired) electrons. The van der Waals surface area contributed by atoms with Gasteiger partial charge in [0.05, 0.1) is 17.6 Å². The molecule has 2 heterocycles. The molecule has 1 amide bonds. The van der Waals surface area contributed by atoms with E-state index in [1.165, 1.54) is 24.8 Å². The van der Waals surface area contributed by atoms with Gasteiger partial charge in [-0.1, -0.05) is 18.2 Å². The molecule has 3 aromatic rings. The number of pyridine rings is 1. The van der Waals surface area contributed by atoms with Gasteiger partial charge >= 0.3 is 5.97 Å². The molecule has 1 aliphatic rings. The van der Waals surface area contributed by atoms with Crippen molar-refractivity contribution in [2.45, 2.75) is 32.7 Å². The van der Waals surface area contributed by atoms with Gasteiger partial charge in [0.1, 0.15) is 12.0 Å². The summed E-state index contributed by atoms with van der Waals surface area (Å²) in [5, 5.41) is 10.0. The summed E-state index contributed by atoms with van der Waals surface area (Å²) in [5.74, 6) is 0.0299. The van der Waals surface area contributed by atoms with Crippen LogP contribution in [-0.2, 0) is 16.0 Å². The van der Waals surface area contributed by atoms with Crippen molar-refractivity contribution < 1.29 is 19.2 Å². The Morgan fingerprint density at radius 3 is 2.35 bits per heavy atom. The first-order chi connectivity index (χ1) is 16.2. The molecule has 9 nitrogen and oxygen atoms in total. The van der Waals surface area contributed by atoms with E-state index in [1.807, 2.05) is 29.2 Å². The number of hydrogen-bond acceptors (Lipinski definition) is 7. The molecule has 0 fully saturated rings. The molecule has 2 aromatic carbocycles. The first kappa shape index (κ1) is 24.4. The van der Waals surface area contributed by atoms with Crippen molar-refractivity contribution in [1.82, 2.24) is 4.98 Å². The number of rotatable bonds is 3. The molecular weight excluding hydrogens is 436 g/mol. The molecule has 1 aliphatic heterocycles. The first-order valence-electron chi connectivity index (χ1n) is 10.7. The molecule has 0 bridgehead atoms. The largest absolute Gasteiger partial charge is 0.465 e. The minimum absolute atomic E-state index is 0.0470. The number of methoxy groups -OCH3 is 1. The summed E-state index contributed by atoms with van der Waals surface area (Å²) >= 11 is 0. The van der Waals surface area contributed by atoms with E-state index >= 15 is 0 Å². The predicted molar refractivity (Wildman–Crippen MR) is 129 cm³/mol. The van der Waals surface area contributed by atoms with Crippen LogP contribution in [0.25, 0.3) is 11.1 Å². The number of anilines is 2. The second kappa shape index (κ2) is 10.6. The van der Waals surface area contributed by atoms with E-state index < -0.39 is 4.92 Å². The number of esters is 1. The Labute approximate surface area is 197 Å². The Hall–Kier alpha value is -4.27. The van der Waals surface area contributed by atoms with Crippen molar-refractivity contribution in [2.24, 2.45) is 0 Å². The van der Waals surface area contributed by atoms with Crippen molar-refractivity contribution >= 4 is 29.1 Å². The van der Waals surface area contributed by atoms with Crippen molar-refractivity contribution in [3.8, 4) is 11.1 Å². The van der Waals surface area contributed by atoms with Crippen molar-refractivity contribution in [1.29, 1.82) is 0 Å². The summed E-state index contributed by atoms with van der Waals surface area (Å²) in [6.45, 7) is 3.70. The van der Waals surface area contributed by atoms with Gasteiger partial charge in [0.15, 0.2) is 0 Å². The number of aromatic nitrogens is 1. The molecule has 1 atom stereocenters. The van der Waals surface area contributed by atoms with E-state index in [4.69, 9.17) is 10.5 Å². The van der Waals surface area contributed by atoms with Crippen molar-refractivity contribution in [3.05, 3.63) is 82.0 Å². The fraction of sp³-hybridized carbons (Fsp3) is 0.240. The normalized spacial score (nSPS) is 14.3. The lowest BCUT2D eigenvalue weighted by molar-refractivity contribution is -0.385. The highest BCUT2D eigenvalue weighted by atomic mass is 16.6. The topological polar surface area (TPSA) is 129 Å². The molecule has 9 heteroatoms. The average molecular weight is 463 g/mol. The van der Waals surface area contributed by atoms with Gasteiger partial charge in [-0.3, -0.25) is 14.9 Å². The smallest absolute Gasteiger partial charge is 0.337 e. The summed E-state index contributed by atoms with van der Waals surface area (Å²) in [6.07, 6.45) is 3.06. The van der Waals surface area contributed by atoms with Crippen LogP contribution < -0.4 is 10.6 Å². The minimum atomic E-state index is -0.521. The molecule has 0 spiro atoms. The number of nitrogens with zero attached hydrogens (tertiary/aromatic N) is 3. The second-order valence-electron chi connectivity index (χ2n) is 7.89. The monoisotopic (exact) mass is 462 g/mol. The third-order valence-electron chi connectivity index (χ3n) is 5.57. The Bertz CT molecular complexity index is 1190. The first-order valence-corrected chi connectivity index (χ1v) is 10.7. The van der Waals surface area contributed by atoms with Crippen LogP contribution in [0.4, 0.5) is 17.2 Å². The Balaban J connectivity index is 0.000000271. The summed E-state index contributed by atoms with van der Waals surface area (Å²) in [6, 6.07) is 16.5. The van der Waals surface area contributed by atoms with Gasteiger partial charge in [0.25, 0.3) is 5.69 Å². The molecule has 0 unspecified atom stereocenters. The number of hydrogen-bond donors (Lipinski definition) is 1. The van der Waals surface area contributed by atoms with Gasteiger partial charge in [-0.05, 0) is 66.8 Å². The molecule has 2 N–H and O–H groups in total. The molecule has 176 valence electrons. The quantitative estimate of drug-likeness (QED) is 0.347. The van der Waals surface area contributed by atoms with Crippen LogP contribution >= 0.6 is 0 Å². The number of aryl methyl sites for hydroxylation is 1. The third kappa shape index (κ3) is 5.55. The van der Waals surface area contributed by atoms with Crippen molar-refractivity contribution in [2.75, 3.05) is 17.7 Å².